The van der Waals surface area contributed by atoms with Crippen LogP contribution >= 0.6 is 11.8 Å². The number of fused-ring (bicyclic) bond motifs is 3. The van der Waals surface area contributed by atoms with Gasteiger partial charge in [-0.25, -0.2) is 9.89 Å². The van der Waals surface area contributed by atoms with E-state index < -0.39 is 6.04 Å². The van der Waals surface area contributed by atoms with Gasteiger partial charge in [0.2, 0.25) is 11.8 Å². The molecule has 39 heavy (non-hydrogen) atoms. The largest absolute Gasteiger partial charge is 0.356 e. The summed E-state index contributed by atoms with van der Waals surface area (Å²) >= 11 is 1.30. The molecule has 0 saturated heterocycles. The van der Waals surface area contributed by atoms with Crippen LogP contribution in [0.25, 0.3) is 0 Å². The highest BCUT2D eigenvalue weighted by Gasteiger charge is 2.43. The third-order valence-corrected chi connectivity index (χ3v) is 8.68. The number of rotatable bonds is 9. The van der Waals surface area contributed by atoms with E-state index in [2.05, 4.69) is 10.6 Å². The Morgan fingerprint density at radius 2 is 1.79 bits per heavy atom. The van der Waals surface area contributed by atoms with E-state index in [1.54, 1.807) is 0 Å². The van der Waals surface area contributed by atoms with Gasteiger partial charge in [0.15, 0.2) is 5.17 Å². The Hall–Kier alpha value is -3.46. The molecule has 0 bridgehead atoms. The third-order valence-electron chi connectivity index (χ3n) is 7.37. The quantitative estimate of drug-likeness (QED) is 0.489. The van der Waals surface area contributed by atoms with E-state index in [1.807, 2.05) is 61.5 Å². The molecule has 1 saturated carbocycles. The van der Waals surface area contributed by atoms with Gasteiger partial charge in [0.25, 0.3) is 5.91 Å². The maximum Gasteiger partial charge on any atom is 0.259 e. The summed E-state index contributed by atoms with van der Waals surface area (Å²) in [6, 6.07) is 16.9. The summed E-state index contributed by atoms with van der Waals surface area (Å²) in [6.07, 6.45) is 6.81. The summed E-state index contributed by atoms with van der Waals surface area (Å²) in [5, 5.41) is 6.19. The number of amidine groups is 2. The van der Waals surface area contributed by atoms with Crippen LogP contribution in [0.4, 0.5) is 5.69 Å². The molecule has 3 aliphatic rings. The SMILES string of the molecule is CCC(SC1=Nc2ccccc2C2=NC(CC(=O)NCCc3ccccc3)C(=O)N12)C(=O)NC1CCCCC1. The first-order valence-electron chi connectivity index (χ1n) is 13.9. The van der Waals surface area contributed by atoms with Crippen molar-refractivity contribution in [1.29, 1.82) is 0 Å². The van der Waals surface area contributed by atoms with Crippen molar-refractivity contribution in [2.75, 3.05) is 6.54 Å². The number of aliphatic imine (C=N–C) groups is 2. The van der Waals surface area contributed by atoms with Gasteiger partial charge in [0.05, 0.1) is 17.4 Å². The van der Waals surface area contributed by atoms with Crippen molar-refractivity contribution in [3.8, 4) is 0 Å². The van der Waals surface area contributed by atoms with E-state index in [0.717, 1.165) is 36.8 Å². The van der Waals surface area contributed by atoms with Gasteiger partial charge in [-0.3, -0.25) is 19.4 Å². The van der Waals surface area contributed by atoms with Crippen molar-refractivity contribution in [2.45, 2.75) is 75.6 Å². The number of nitrogens with one attached hydrogen (secondary N) is 2. The predicted molar refractivity (Wildman–Crippen MR) is 155 cm³/mol. The van der Waals surface area contributed by atoms with Crippen LogP contribution < -0.4 is 10.6 Å². The van der Waals surface area contributed by atoms with Crippen LogP contribution in [0.5, 0.6) is 0 Å². The zero-order chi connectivity index (χ0) is 27.2. The molecule has 3 amide bonds. The summed E-state index contributed by atoms with van der Waals surface area (Å²) in [6.45, 7) is 2.46. The zero-order valence-corrected chi connectivity index (χ0v) is 23.1. The number of hydrogen-bond donors (Lipinski definition) is 2. The number of nitrogens with zero attached hydrogens (tertiary/aromatic N) is 3. The molecule has 2 aromatic carbocycles. The van der Waals surface area contributed by atoms with Gasteiger partial charge < -0.3 is 10.6 Å². The Labute approximate surface area is 233 Å². The number of carbonyl (C=O) groups excluding carboxylic acids is 3. The minimum Gasteiger partial charge on any atom is -0.356 e. The summed E-state index contributed by atoms with van der Waals surface area (Å²) in [5.74, 6) is -0.0223. The number of benzene rings is 2. The van der Waals surface area contributed by atoms with E-state index in [4.69, 9.17) is 9.98 Å². The lowest BCUT2D eigenvalue weighted by Gasteiger charge is -2.29. The fourth-order valence-electron chi connectivity index (χ4n) is 5.24. The summed E-state index contributed by atoms with van der Waals surface area (Å²) < 4.78 is 0. The molecule has 8 nitrogen and oxygen atoms in total. The van der Waals surface area contributed by atoms with Gasteiger partial charge in [-0.1, -0.05) is 80.4 Å². The van der Waals surface area contributed by atoms with Crippen molar-refractivity contribution >= 4 is 46.2 Å². The maximum absolute atomic E-state index is 13.6. The average molecular weight is 546 g/mol. The van der Waals surface area contributed by atoms with Gasteiger partial charge in [-0.2, -0.15) is 0 Å². The first-order chi connectivity index (χ1) is 19.0. The molecule has 2 aliphatic heterocycles. The normalized spacial score (nSPS) is 19.5. The van der Waals surface area contributed by atoms with Crippen molar-refractivity contribution in [1.82, 2.24) is 15.5 Å². The Kier molecular flexibility index (Phi) is 8.76. The molecule has 9 heteroatoms. The second kappa shape index (κ2) is 12.6. The molecule has 1 aliphatic carbocycles. The summed E-state index contributed by atoms with van der Waals surface area (Å²) in [5.41, 5.74) is 2.60. The second-order valence-electron chi connectivity index (χ2n) is 10.2. The van der Waals surface area contributed by atoms with Crippen molar-refractivity contribution in [3.63, 3.8) is 0 Å². The molecule has 5 rings (SSSR count). The number of para-hydroxylation sites is 1. The first-order valence-corrected chi connectivity index (χ1v) is 14.8. The maximum atomic E-state index is 13.6. The first kappa shape index (κ1) is 27.1. The van der Waals surface area contributed by atoms with Crippen LogP contribution in [0.3, 0.4) is 0 Å². The van der Waals surface area contributed by atoms with Crippen molar-refractivity contribution in [3.05, 3.63) is 65.7 Å². The number of amides is 3. The molecule has 0 radical (unpaired) electrons. The van der Waals surface area contributed by atoms with Crippen LogP contribution in [0.15, 0.2) is 64.6 Å². The highest BCUT2D eigenvalue weighted by Crippen LogP contribution is 2.35. The molecule has 2 N–H and O–H groups in total. The summed E-state index contributed by atoms with van der Waals surface area (Å²) in [4.78, 5) is 50.5. The van der Waals surface area contributed by atoms with Crippen molar-refractivity contribution < 1.29 is 14.4 Å². The molecule has 2 atom stereocenters. The van der Waals surface area contributed by atoms with E-state index in [9.17, 15) is 14.4 Å². The minimum atomic E-state index is -0.829. The van der Waals surface area contributed by atoms with Crippen LogP contribution in [0, 0.1) is 0 Å². The van der Waals surface area contributed by atoms with Crippen LogP contribution in [-0.2, 0) is 20.8 Å². The standard InChI is InChI=1S/C30H35N5O3S/c1-2-25(28(37)32-21-13-7-4-8-14-21)39-30-34-23-16-10-9-15-22(23)27-33-24(29(38)35(27)30)19-26(36)31-18-17-20-11-5-3-6-12-20/h3,5-6,9-12,15-16,21,24-25H,2,4,7-8,13-14,17-19H2,1H3,(H,31,36)(H,32,37). The molecule has 1 fully saturated rings. The highest BCUT2D eigenvalue weighted by atomic mass is 32.2. The third kappa shape index (κ3) is 6.41. The van der Waals surface area contributed by atoms with E-state index in [0.29, 0.717) is 36.1 Å². The van der Waals surface area contributed by atoms with Gasteiger partial charge in [0.1, 0.15) is 11.9 Å². The van der Waals surface area contributed by atoms with Gasteiger partial charge in [-0.05, 0) is 43.4 Å². The Morgan fingerprint density at radius 3 is 2.56 bits per heavy atom. The Morgan fingerprint density at radius 1 is 1.05 bits per heavy atom. The molecule has 204 valence electrons. The number of hydrogen-bond acceptors (Lipinski definition) is 6. The van der Waals surface area contributed by atoms with Crippen LogP contribution in [-0.4, -0.2) is 57.5 Å². The molecular formula is C30H35N5O3S. The fraction of sp³-hybridized carbons (Fsp3) is 0.433. The van der Waals surface area contributed by atoms with Gasteiger partial charge >= 0.3 is 0 Å². The molecule has 0 aromatic heterocycles. The summed E-state index contributed by atoms with van der Waals surface area (Å²) in [7, 11) is 0. The molecule has 2 unspecified atom stereocenters. The van der Waals surface area contributed by atoms with Crippen LogP contribution in [0.1, 0.15) is 63.0 Å². The lowest BCUT2D eigenvalue weighted by Crippen LogP contribution is -2.45. The second-order valence-corrected chi connectivity index (χ2v) is 11.4. The molecule has 0 spiro atoms. The lowest BCUT2D eigenvalue weighted by atomic mass is 9.95. The number of carbonyl (C=O) groups is 3. The van der Waals surface area contributed by atoms with Crippen LogP contribution in [0.2, 0.25) is 0 Å². The monoisotopic (exact) mass is 545 g/mol. The van der Waals surface area contributed by atoms with Gasteiger partial charge in [-0.15, -0.1) is 0 Å². The lowest BCUT2D eigenvalue weighted by molar-refractivity contribution is -0.128. The molecule has 2 aromatic rings. The fourth-order valence-corrected chi connectivity index (χ4v) is 6.27. The minimum absolute atomic E-state index is 0.0181. The predicted octanol–water partition coefficient (Wildman–Crippen LogP) is 4.35. The molecular weight excluding hydrogens is 510 g/mol. The van der Waals surface area contributed by atoms with Gasteiger partial charge in [0, 0.05) is 18.2 Å². The van der Waals surface area contributed by atoms with E-state index >= 15 is 0 Å². The zero-order valence-electron chi connectivity index (χ0n) is 22.3. The Bertz CT molecular complexity index is 1270. The average Bonchev–Trinajstić information content (AvgIpc) is 3.28. The molecule has 2 heterocycles. The smallest absolute Gasteiger partial charge is 0.259 e. The van der Waals surface area contributed by atoms with E-state index in [-0.39, 0.29) is 35.4 Å². The topological polar surface area (TPSA) is 103 Å². The number of thioether (sulfide) groups is 1. The van der Waals surface area contributed by atoms with Crippen molar-refractivity contribution in [2.24, 2.45) is 9.98 Å². The Balaban J connectivity index is 1.28. The van der Waals surface area contributed by atoms with E-state index in [1.165, 1.54) is 23.1 Å². The highest BCUT2D eigenvalue weighted by molar-refractivity contribution is 8.15.